The molecule has 0 spiro atoms. The van der Waals surface area contributed by atoms with Crippen molar-refractivity contribution in [3.63, 3.8) is 0 Å². The standard InChI is InChI=1S/C6H3N2O7S.Li/c9-7(10)4-1-2-6(15-16(13)14)5(3-4)8(11)12;/h1-3H;/q-1;+1. The van der Waals surface area contributed by atoms with E-state index < -0.39 is 38.0 Å². The Bertz CT molecular complexity index is 521. The molecule has 0 radical (unpaired) electrons. The molecule has 0 aromatic heterocycles. The first-order chi connectivity index (χ1) is 7.41. The molecule has 1 rings (SSSR count). The van der Waals surface area contributed by atoms with Crippen molar-refractivity contribution in [1.82, 2.24) is 0 Å². The van der Waals surface area contributed by atoms with Crippen molar-refractivity contribution in [1.29, 1.82) is 0 Å². The smallest absolute Gasteiger partial charge is 0.528 e. The Labute approximate surface area is 108 Å². The maximum atomic E-state index is 10.5. The summed E-state index contributed by atoms with van der Waals surface area (Å²) in [4.78, 5) is 19.0. The van der Waals surface area contributed by atoms with E-state index in [1.54, 1.807) is 0 Å². The first-order valence-corrected chi connectivity index (χ1v) is 4.62. The number of rotatable bonds is 4. The number of nitro groups is 2. The van der Waals surface area contributed by atoms with Crippen molar-refractivity contribution in [2.75, 3.05) is 0 Å². The van der Waals surface area contributed by atoms with E-state index in [1.165, 1.54) is 0 Å². The normalized spacial score (nSPS) is 9.47. The van der Waals surface area contributed by atoms with Gasteiger partial charge in [-0.25, -0.2) is 0 Å². The van der Waals surface area contributed by atoms with Gasteiger partial charge in [0.2, 0.25) is 0 Å². The van der Waals surface area contributed by atoms with E-state index in [0.717, 1.165) is 12.1 Å². The molecule has 0 aliphatic carbocycles. The summed E-state index contributed by atoms with van der Waals surface area (Å²) in [5.74, 6) is -0.580. The van der Waals surface area contributed by atoms with Crippen LogP contribution in [0.1, 0.15) is 0 Å². The summed E-state index contributed by atoms with van der Waals surface area (Å²) in [6.07, 6.45) is 0. The quantitative estimate of drug-likeness (QED) is 0.265. The molecule has 9 nitrogen and oxygen atoms in total. The van der Waals surface area contributed by atoms with Crippen LogP contribution in [-0.2, 0) is 19.4 Å². The van der Waals surface area contributed by atoms with Gasteiger partial charge >= 0.3 is 24.5 Å². The van der Waals surface area contributed by atoms with Gasteiger partial charge < -0.3 is 12.6 Å². The second-order valence-electron chi connectivity index (χ2n) is 2.45. The third kappa shape index (κ3) is 4.02. The Morgan fingerprint density at radius 3 is 2.12 bits per heavy atom. The van der Waals surface area contributed by atoms with E-state index >= 15 is 0 Å². The second-order valence-corrected chi connectivity index (χ2v) is 3.03. The predicted octanol–water partition coefficient (Wildman–Crippen LogP) is -1.89. The number of nitro benzene ring substituents is 2. The molecule has 1 aromatic carbocycles. The molecule has 0 bridgehead atoms. The summed E-state index contributed by atoms with van der Waals surface area (Å²) in [5, 5.41) is 20.8. The molecule has 0 aliphatic rings. The zero-order chi connectivity index (χ0) is 12.3. The van der Waals surface area contributed by atoms with Crippen molar-refractivity contribution in [3.05, 3.63) is 38.4 Å². The monoisotopic (exact) mass is 254 g/mol. The largest absolute Gasteiger partial charge is 1.00 e. The number of benzene rings is 1. The average Bonchev–Trinajstić information content (AvgIpc) is 2.16. The van der Waals surface area contributed by atoms with Crippen LogP contribution in [-0.4, -0.2) is 9.85 Å². The van der Waals surface area contributed by atoms with Crippen molar-refractivity contribution in [3.8, 4) is 5.75 Å². The molecule has 0 unspecified atom stereocenters. The van der Waals surface area contributed by atoms with Crippen molar-refractivity contribution in [2.45, 2.75) is 0 Å². The second kappa shape index (κ2) is 6.19. The van der Waals surface area contributed by atoms with E-state index in [2.05, 4.69) is 4.18 Å². The van der Waals surface area contributed by atoms with Crippen molar-refractivity contribution in [2.24, 2.45) is 0 Å². The third-order valence-corrected chi connectivity index (χ3v) is 1.82. The molecule has 0 amide bonds. The Balaban J connectivity index is 0.00000256. The summed E-state index contributed by atoms with van der Waals surface area (Å²) >= 11 is 0. The number of hydrogen-bond donors (Lipinski definition) is 0. The number of non-ortho nitro benzene ring substituents is 1. The molecule has 86 valence electrons. The molecule has 11 heteroatoms. The Hall–Kier alpha value is -1.63. The summed E-state index contributed by atoms with van der Waals surface area (Å²) in [7, 11) is -2.98. The summed E-state index contributed by atoms with van der Waals surface area (Å²) in [5.41, 5.74) is -1.32. The number of nitrogens with zero attached hydrogens (tertiary/aromatic N) is 2. The van der Waals surface area contributed by atoms with Crippen LogP contribution >= 0.6 is 0 Å². The topological polar surface area (TPSA) is 130 Å². The van der Waals surface area contributed by atoms with E-state index in [-0.39, 0.29) is 18.9 Å². The zero-order valence-corrected chi connectivity index (χ0v) is 9.21. The molecule has 0 atom stereocenters. The molecule has 0 N–H and O–H groups in total. The van der Waals surface area contributed by atoms with Crippen LogP contribution < -0.4 is 23.0 Å². The fourth-order valence-electron chi connectivity index (χ4n) is 0.906. The van der Waals surface area contributed by atoms with E-state index in [9.17, 15) is 28.6 Å². The van der Waals surface area contributed by atoms with Crippen LogP contribution in [0.25, 0.3) is 0 Å². The number of hydrogen-bond acceptors (Lipinski definition) is 8. The molecule has 0 aliphatic heterocycles. The summed E-state index contributed by atoms with van der Waals surface area (Å²) in [6.45, 7) is 0. The van der Waals surface area contributed by atoms with Gasteiger partial charge in [-0.05, 0) is 6.07 Å². The Kier molecular flexibility index (Phi) is 5.59. The maximum absolute atomic E-state index is 10.5. The van der Waals surface area contributed by atoms with Gasteiger partial charge in [0, 0.05) is 6.07 Å². The third-order valence-electron chi connectivity index (χ3n) is 1.51. The van der Waals surface area contributed by atoms with E-state index in [4.69, 9.17) is 0 Å². The first-order valence-electron chi connectivity index (χ1n) is 3.62. The van der Waals surface area contributed by atoms with Gasteiger partial charge in [0.25, 0.3) is 5.69 Å². The van der Waals surface area contributed by atoms with Crippen LogP contribution in [0.15, 0.2) is 18.2 Å². The van der Waals surface area contributed by atoms with Crippen LogP contribution in [0.4, 0.5) is 11.4 Å². The van der Waals surface area contributed by atoms with Crippen LogP contribution in [0.3, 0.4) is 0 Å². The minimum absolute atomic E-state index is 0. The molecule has 17 heavy (non-hydrogen) atoms. The van der Waals surface area contributed by atoms with Gasteiger partial charge in [-0.2, -0.15) is 0 Å². The maximum Gasteiger partial charge on any atom is 1.00 e. The molecule has 0 fully saturated rings. The van der Waals surface area contributed by atoms with Gasteiger partial charge in [0.1, 0.15) is 11.0 Å². The predicted molar refractivity (Wildman–Crippen MR) is 49.1 cm³/mol. The van der Waals surface area contributed by atoms with Crippen LogP contribution in [0, 0.1) is 20.2 Å². The van der Waals surface area contributed by atoms with Crippen LogP contribution in [0.5, 0.6) is 5.75 Å². The average molecular weight is 254 g/mol. The van der Waals surface area contributed by atoms with Crippen molar-refractivity contribution < 1.29 is 41.3 Å². The van der Waals surface area contributed by atoms with E-state index in [0.29, 0.717) is 6.07 Å². The molecular formula is C6H3LiN2O7S. The molecule has 0 saturated carbocycles. The zero-order valence-electron chi connectivity index (χ0n) is 8.39. The Morgan fingerprint density at radius 1 is 1.12 bits per heavy atom. The van der Waals surface area contributed by atoms with Gasteiger partial charge in [0.15, 0.2) is 5.75 Å². The summed E-state index contributed by atoms with van der Waals surface area (Å²) in [6, 6.07) is 2.35. The van der Waals surface area contributed by atoms with Gasteiger partial charge in [0.05, 0.1) is 15.9 Å². The van der Waals surface area contributed by atoms with Gasteiger partial charge in [-0.3, -0.25) is 20.2 Å². The van der Waals surface area contributed by atoms with Crippen LogP contribution in [0.2, 0.25) is 0 Å². The molecular weight excluding hydrogens is 251 g/mol. The first kappa shape index (κ1) is 15.4. The fourth-order valence-corrected chi connectivity index (χ4v) is 1.19. The fraction of sp³-hybridized carbons (Fsp3) is 0. The minimum Gasteiger partial charge on any atom is -0.528 e. The molecule has 1 aromatic rings. The SMILES string of the molecule is O=[N+]([O-])c1ccc(O[S-](=O)=O)c([N+](=O)[O-])c1.[Li+]. The van der Waals surface area contributed by atoms with Crippen molar-refractivity contribution >= 4 is 22.4 Å². The Morgan fingerprint density at radius 2 is 1.71 bits per heavy atom. The minimum atomic E-state index is -2.98. The summed E-state index contributed by atoms with van der Waals surface area (Å²) < 4.78 is 24.5. The molecule has 0 saturated heterocycles. The van der Waals surface area contributed by atoms with E-state index in [1.807, 2.05) is 0 Å². The van der Waals surface area contributed by atoms with Gasteiger partial charge in [-0.15, -0.1) is 0 Å². The van der Waals surface area contributed by atoms with Gasteiger partial charge in [-0.1, -0.05) is 0 Å². The molecule has 0 heterocycles.